The molecule has 43 heavy (non-hydrogen) atoms. The molecule has 0 saturated heterocycles. The van der Waals surface area contributed by atoms with Crippen LogP contribution in [0.25, 0.3) is 12.2 Å². The van der Waals surface area contributed by atoms with Gasteiger partial charge in [-0.2, -0.15) is 8.42 Å². The van der Waals surface area contributed by atoms with Crippen LogP contribution in [0.1, 0.15) is 58.1 Å². The van der Waals surface area contributed by atoms with E-state index >= 15 is 0 Å². The van der Waals surface area contributed by atoms with Crippen molar-refractivity contribution in [1.29, 1.82) is 0 Å². The minimum Gasteiger partial charge on any atom is -0.497 e. The smallest absolute Gasteiger partial charge is 0.298 e. The van der Waals surface area contributed by atoms with E-state index in [1.807, 2.05) is 93.6 Å². The lowest BCUT2D eigenvalue weighted by molar-refractivity contribution is 0.0801. The van der Waals surface area contributed by atoms with Crippen LogP contribution >= 0.6 is 12.2 Å². The predicted molar refractivity (Wildman–Crippen MR) is 178 cm³/mol. The molecule has 0 bridgehead atoms. The summed E-state index contributed by atoms with van der Waals surface area (Å²) < 4.78 is 36.5. The van der Waals surface area contributed by atoms with Gasteiger partial charge in [-0.1, -0.05) is 103 Å². The lowest BCUT2D eigenvalue weighted by Gasteiger charge is -2.18. The van der Waals surface area contributed by atoms with Crippen molar-refractivity contribution in [2.75, 3.05) is 7.11 Å². The Morgan fingerprint density at radius 1 is 0.767 bits per heavy atom. The van der Waals surface area contributed by atoms with Crippen LogP contribution in [-0.2, 0) is 14.3 Å². The molecule has 1 atom stereocenters. The fourth-order valence-corrected chi connectivity index (χ4v) is 5.14. The van der Waals surface area contributed by atoms with E-state index in [0.717, 1.165) is 28.0 Å². The van der Waals surface area contributed by atoms with Crippen LogP contribution in [0.2, 0.25) is 0 Å². The minimum absolute atomic E-state index is 0.00914. The number of allylic oxidation sites excluding steroid dienone is 2. The van der Waals surface area contributed by atoms with Crippen LogP contribution < -0.4 is 10.5 Å². The molecule has 4 aromatic carbocycles. The van der Waals surface area contributed by atoms with E-state index in [9.17, 15) is 13.2 Å². The molecular weight excluding hydrogens is 579 g/mol. The molecule has 0 heterocycles. The average Bonchev–Trinajstić information content (AvgIpc) is 3.01. The molecule has 2 N–H and O–H groups in total. The van der Waals surface area contributed by atoms with Crippen molar-refractivity contribution in [1.82, 2.24) is 0 Å². The number of aryl methyl sites for hydroxylation is 1. The SMILES string of the molecule is C/C=C/c1ccc(C(=O)C(OS(=O)(=O)c2ccc(C)cc2)c2ccc(/C=C/C)cc2)cc1.COc1ccc(C(N)=S)cc1. The maximum absolute atomic E-state index is 13.4. The summed E-state index contributed by atoms with van der Waals surface area (Å²) in [5.74, 6) is 0.386. The summed E-state index contributed by atoms with van der Waals surface area (Å²) in [6.07, 6.45) is 6.36. The Balaban J connectivity index is 0.000000386. The van der Waals surface area contributed by atoms with E-state index < -0.39 is 22.0 Å². The van der Waals surface area contributed by atoms with E-state index in [1.165, 1.54) is 12.1 Å². The Morgan fingerprint density at radius 3 is 1.72 bits per heavy atom. The van der Waals surface area contributed by atoms with Gasteiger partial charge in [0, 0.05) is 11.1 Å². The normalized spacial score (nSPS) is 12.0. The Bertz CT molecular complexity index is 1670. The lowest BCUT2D eigenvalue weighted by Crippen LogP contribution is -2.20. The van der Waals surface area contributed by atoms with Crippen molar-refractivity contribution in [2.45, 2.75) is 31.8 Å². The molecule has 4 rings (SSSR count). The second-order valence-electron chi connectivity index (χ2n) is 9.49. The van der Waals surface area contributed by atoms with Gasteiger partial charge in [-0.15, -0.1) is 0 Å². The van der Waals surface area contributed by atoms with Crippen molar-refractivity contribution >= 4 is 45.3 Å². The molecule has 0 aliphatic heterocycles. The molecule has 0 fully saturated rings. The number of carbonyl (C=O) groups is 1. The maximum atomic E-state index is 13.4. The minimum atomic E-state index is -4.16. The van der Waals surface area contributed by atoms with Gasteiger partial charge in [-0.05, 0) is 73.9 Å². The molecule has 0 aliphatic rings. The number of nitrogens with two attached hydrogens (primary N) is 1. The van der Waals surface area contributed by atoms with E-state index in [4.69, 9.17) is 26.9 Å². The third kappa shape index (κ3) is 9.58. The zero-order valence-corrected chi connectivity index (χ0v) is 26.2. The van der Waals surface area contributed by atoms with Crippen LogP contribution in [0.15, 0.2) is 114 Å². The number of benzene rings is 4. The molecule has 0 saturated carbocycles. The van der Waals surface area contributed by atoms with Crippen LogP contribution in [-0.4, -0.2) is 26.3 Å². The second kappa shape index (κ2) is 15.7. The van der Waals surface area contributed by atoms with E-state index in [1.54, 1.807) is 43.5 Å². The van der Waals surface area contributed by atoms with Crippen molar-refractivity contribution in [2.24, 2.45) is 5.73 Å². The lowest BCUT2D eigenvalue weighted by atomic mass is 9.98. The molecule has 0 aliphatic carbocycles. The van der Waals surface area contributed by atoms with E-state index in [2.05, 4.69) is 0 Å². The van der Waals surface area contributed by atoms with E-state index in [0.29, 0.717) is 16.1 Å². The van der Waals surface area contributed by atoms with Gasteiger partial charge in [-0.3, -0.25) is 4.79 Å². The molecular formula is C35H35NO5S2. The summed E-state index contributed by atoms with van der Waals surface area (Å²) in [6.45, 7) is 5.69. The monoisotopic (exact) mass is 613 g/mol. The number of thiocarbonyl (C=S) groups is 1. The fraction of sp³-hybridized carbons (Fsp3) is 0.143. The molecule has 0 spiro atoms. The number of carbonyl (C=O) groups excluding carboxylic acids is 1. The van der Waals surface area contributed by atoms with Crippen LogP contribution in [0.4, 0.5) is 0 Å². The van der Waals surface area contributed by atoms with E-state index in [-0.39, 0.29) is 4.90 Å². The number of Topliss-reactive ketones (excluding diaryl/α,β-unsaturated/α-hetero) is 1. The number of hydrogen-bond donors (Lipinski definition) is 1. The first kappa shape index (κ1) is 33.1. The highest BCUT2D eigenvalue weighted by Gasteiger charge is 2.30. The number of ether oxygens (including phenoxy) is 1. The standard InChI is InChI=1S/C27H26O4S.C8H9NOS/c1-4-6-21-10-14-23(15-11-21)26(28)27(24-16-12-22(7-5-2)13-17-24)31-32(29,30)25-18-8-20(3)9-19-25;1-10-7-4-2-6(3-5-7)8(9)11/h4-19,27H,1-3H3;2-5H,1H3,(H2,9,11)/b6-4+,7-5+;. The average molecular weight is 614 g/mol. The van der Waals surface area contributed by atoms with Gasteiger partial charge in [0.25, 0.3) is 10.1 Å². The van der Waals surface area contributed by atoms with Gasteiger partial charge >= 0.3 is 0 Å². The third-order valence-electron chi connectivity index (χ3n) is 6.30. The first-order valence-corrected chi connectivity index (χ1v) is 15.3. The molecule has 4 aromatic rings. The Kier molecular flexibility index (Phi) is 12.1. The van der Waals surface area contributed by atoms with Crippen molar-refractivity contribution in [3.63, 3.8) is 0 Å². The van der Waals surface area contributed by atoms with Gasteiger partial charge in [0.05, 0.1) is 12.0 Å². The summed E-state index contributed by atoms with van der Waals surface area (Å²) >= 11 is 4.78. The first-order valence-electron chi connectivity index (χ1n) is 13.5. The van der Waals surface area contributed by atoms with Crippen LogP contribution in [0.5, 0.6) is 5.75 Å². The highest BCUT2D eigenvalue weighted by molar-refractivity contribution is 7.86. The zero-order valence-electron chi connectivity index (χ0n) is 24.6. The molecule has 0 amide bonds. The fourth-order valence-electron chi connectivity index (χ4n) is 3.97. The van der Waals surface area contributed by atoms with Gasteiger partial charge in [0.15, 0.2) is 11.9 Å². The van der Waals surface area contributed by atoms with Crippen molar-refractivity contribution in [3.05, 3.63) is 143 Å². The number of hydrogen-bond acceptors (Lipinski definition) is 6. The van der Waals surface area contributed by atoms with Crippen LogP contribution in [0.3, 0.4) is 0 Å². The summed E-state index contributed by atoms with van der Waals surface area (Å²) in [5.41, 5.74) is 9.92. The number of rotatable bonds is 10. The third-order valence-corrected chi connectivity index (χ3v) is 7.83. The summed E-state index contributed by atoms with van der Waals surface area (Å²) in [5, 5.41) is 0. The number of ketones is 1. The molecule has 6 nitrogen and oxygen atoms in total. The maximum Gasteiger partial charge on any atom is 0.298 e. The highest BCUT2D eigenvalue weighted by Crippen LogP contribution is 2.28. The molecule has 8 heteroatoms. The van der Waals surface area contributed by atoms with Gasteiger partial charge in [-0.25, -0.2) is 4.18 Å². The zero-order chi connectivity index (χ0) is 31.4. The molecule has 0 aromatic heterocycles. The summed E-state index contributed by atoms with van der Waals surface area (Å²) in [7, 11) is -2.54. The summed E-state index contributed by atoms with van der Waals surface area (Å²) in [6, 6.07) is 27.7. The van der Waals surface area contributed by atoms with Crippen molar-refractivity contribution in [3.8, 4) is 5.75 Å². The van der Waals surface area contributed by atoms with Gasteiger partial charge < -0.3 is 10.5 Å². The second-order valence-corrected chi connectivity index (χ2v) is 11.5. The molecule has 1 unspecified atom stereocenters. The van der Waals surface area contributed by atoms with Gasteiger partial charge in [0.1, 0.15) is 10.7 Å². The van der Waals surface area contributed by atoms with Gasteiger partial charge in [0.2, 0.25) is 0 Å². The molecule has 0 radical (unpaired) electrons. The molecule has 222 valence electrons. The highest BCUT2D eigenvalue weighted by atomic mass is 32.2. The quantitative estimate of drug-likeness (QED) is 0.111. The predicted octanol–water partition coefficient (Wildman–Crippen LogP) is 7.72. The topological polar surface area (TPSA) is 95.7 Å². The largest absolute Gasteiger partial charge is 0.497 e. The number of methoxy groups -OCH3 is 1. The Morgan fingerprint density at radius 2 is 1.26 bits per heavy atom. The van der Waals surface area contributed by atoms with Crippen molar-refractivity contribution < 1.29 is 22.1 Å². The summed E-state index contributed by atoms with van der Waals surface area (Å²) in [4.78, 5) is 13.8. The Hall–Kier alpha value is -4.37. The van der Waals surface area contributed by atoms with Crippen LogP contribution in [0, 0.1) is 6.92 Å². The first-order chi connectivity index (χ1) is 20.6. The Labute approximate surface area is 259 Å².